The molecule has 5 rings (SSSR count). The van der Waals surface area contributed by atoms with Crippen molar-refractivity contribution in [3.63, 3.8) is 0 Å². The van der Waals surface area contributed by atoms with Crippen LogP contribution >= 0.6 is 0 Å². The van der Waals surface area contributed by atoms with Crippen LogP contribution < -0.4 is 9.64 Å². The quantitative estimate of drug-likeness (QED) is 0.166. The molecular weight excluding hydrogens is 500 g/mol. The van der Waals surface area contributed by atoms with E-state index in [1.54, 1.807) is 48.7 Å². The molecule has 6 heteroatoms. The highest BCUT2D eigenvalue weighted by Crippen LogP contribution is 2.42. The number of aromatic nitrogens is 1. The number of aliphatic hydroxyl groups excluding tert-OH is 1. The second kappa shape index (κ2) is 10.8. The lowest BCUT2D eigenvalue weighted by molar-refractivity contribution is -0.132. The minimum Gasteiger partial charge on any atom is -0.507 e. The molecule has 0 aliphatic carbocycles. The molecule has 1 unspecified atom stereocenters. The molecule has 1 aliphatic heterocycles. The van der Waals surface area contributed by atoms with E-state index in [-0.39, 0.29) is 16.7 Å². The lowest BCUT2D eigenvalue weighted by atomic mass is 9.84. The van der Waals surface area contributed by atoms with Gasteiger partial charge in [0, 0.05) is 17.4 Å². The first kappa shape index (κ1) is 26.9. The minimum absolute atomic E-state index is 0.0160. The number of aliphatic hydroxyl groups is 1. The van der Waals surface area contributed by atoms with Crippen molar-refractivity contribution in [2.24, 2.45) is 0 Å². The molecule has 1 saturated heterocycles. The Kier molecular flexibility index (Phi) is 7.26. The number of ether oxygens (including phenoxy) is 1. The number of anilines is 1. The highest BCUT2D eigenvalue weighted by molar-refractivity contribution is 6.51. The highest BCUT2D eigenvalue weighted by Gasteiger charge is 2.47. The highest BCUT2D eigenvalue weighted by atomic mass is 16.5. The van der Waals surface area contributed by atoms with E-state index in [0.717, 1.165) is 16.7 Å². The van der Waals surface area contributed by atoms with E-state index in [0.29, 0.717) is 29.3 Å². The molecule has 0 spiro atoms. The summed E-state index contributed by atoms with van der Waals surface area (Å²) in [5.41, 5.74) is 4.21. The zero-order valence-corrected chi connectivity index (χ0v) is 23.1. The number of nitrogens with zero attached hydrogens (tertiary/aromatic N) is 2. The van der Waals surface area contributed by atoms with Crippen molar-refractivity contribution in [2.75, 3.05) is 4.90 Å². The van der Waals surface area contributed by atoms with Gasteiger partial charge in [-0.05, 0) is 71.5 Å². The van der Waals surface area contributed by atoms with E-state index in [1.807, 2.05) is 55.5 Å². The van der Waals surface area contributed by atoms with Gasteiger partial charge in [-0.25, -0.2) is 0 Å². The molecule has 0 radical (unpaired) electrons. The third-order valence-corrected chi connectivity index (χ3v) is 7.13. The molecule has 4 aromatic rings. The summed E-state index contributed by atoms with van der Waals surface area (Å²) in [6, 6.07) is 27.1. The maximum absolute atomic E-state index is 13.5. The fraction of sp³-hybridized carbons (Fsp3) is 0.206. The Morgan fingerprint density at radius 2 is 1.62 bits per heavy atom. The van der Waals surface area contributed by atoms with Crippen LogP contribution in [-0.4, -0.2) is 21.8 Å². The lowest BCUT2D eigenvalue weighted by Gasteiger charge is -2.25. The number of Topliss-reactive ketones (excluding diaryl/α,β-unsaturated/α-hetero) is 1. The summed E-state index contributed by atoms with van der Waals surface area (Å²) in [5.74, 6) is -1.05. The number of hydrogen-bond donors (Lipinski definition) is 1. The predicted octanol–water partition coefficient (Wildman–Crippen LogP) is 6.89. The Balaban J connectivity index is 1.56. The van der Waals surface area contributed by atoms with E-state index in [4.69, 9.17) is 4.74 Å². The zero-order chi connectivity index (χ0) is 28.4. The number of benzene rings is 3. The van der Waals surface area contributed by atoms with Crippen LogP contribution in [0.3, 0.4) is 0 Å². The third-order valence-electron chi connectivity index (χ3n) is 7.13. The van der Waals surface area contributed by atoms with Crippen LogP contribution in [0.15, 0.2) is 103 Å². The number of ketones is 1. The average Bonchev–Trinajstić information content (AvgIpc) is 3.22. The monoisotopic (exact) mass is 532 g/mol. The second-order valence-electron chi connectivity index (χ2n) is 11.0. The second-order valence-corrected chi connectivity index (χ2v) is 11.0. The van der Waals surface area contributed by atoms with E-state index in [1.165, 1.54) is 4.90 Å². The van der Waals surface area contributed by atoms with Gasteiger partial charge >= 0.3 is 0 Å². The number of carbonyl (C=O) groups is 2. The number of aryl methyl sites for hydroxylation is 1. The molecule has 40 heavy (non-hydrogen) atoms. The number of hydrogen-bond acceptors (Lipinski definition) is 5. The first-order valence-corrected chi connectivity index (χ1v) is 13.3. The summed E-state index contributed by atoms with van der Waals surface area (Å²) in [6.07, 6.45) is 1.61. The lowest BCUT2D eigenvalue weighted by Crippen LogP contribution is -2.29. The van der Waals surface area contributed by atoms with Crippen LogP contribution in [0.25, 0.3) is 5.76 Å². The third kappa shape index (κ3) is 5.25. The average molecular weight is 533 g/mol. The van der Waals surface area contributed by atoms with E-state index < -0.39 is 17.7 Å². The molecule has 1 amide bonds. The van der Waals surface area contributed by atoms with Gasteiger partial charge < -0.3 is 9.84 Å². The summed E-state index contributed by atoms with van der Waals surface area (Å²) in [4.78, 5) is 32.9. The van der Waals surface area contributed by atoms with Gasteiger partial charge in [0.25, 0.3) is 11.7 Å². The van der Waals surface area contributed by atoms with Gasteiger partial charge in [-0.2, -0.15) is 0 Å². The topological polar surface area (TPSA) is 79.7 Å². The molecule has 1 N–H and O–H groups in total. The Labute approximate surface area is 234 Å². The summed E-state index contributed by atoms with van der Waals surface area (Å²) < 4.78 is 5.91. The summed E-state index contributed by atoms with van der Waals surface area (Å²) in [7, 11) is 0. The van der Waals surface area contributed by atoms with Gasteiger partial charge in [0.15, 0.2) is 0 Å². The normalized spacial score (nSPS) is 16.8. The van der Waals surface area contributed by atoms with E-state index in [2.05, 4.69) is 25.8 Å². The van der Waals surface area contributed by atoms with Crippen LogP contribution in [0, 0.1) is 6.92 Å². The zero-order valence-electron chi connectivity index (χ0n) is 23.1. The van der Waals surface area contributed by atoms with Crippen molar-refractivity contribution >= 4 is 23.1 Å². The number of amides is 1. The van der Waals surface area contributed by atoms with Gasteiger partial charge in [0.05, 0.1) is 11.3 Å². The Bertz CT molecular complexity index is 1570. The molecule has 1 atom stereocenters. The Morgan fingerprint density at radius 1 is 0.925 bits per heavy atom. The van der Waals surface area contributed by atoms with Crippen LogP contribution in [-0.2, 0) is 21.6 Å². The molecule has 202 valence electrons. The van der Waals surface area contributed by atoms with Crippen molar-refractivity contribution in [1.82, 2.24) is 4.98 Å². The molecule has 6 nitrogen and oxygen atoms in total. The largest absolute Gasteiger partial charge is 0.507 e. The number of rotatable bonds is 6. The van der Waals surface area contributed by atoms with Crippen LogP contribution in [0.5, 0.6) is 5.75 Å². The SMILES string of the molecule is Cc1ccc(C(C)(C)C)cc1/C(O)=C1\C(=O)C(=O)N(c2ccc(OCc3ccccc3)cc2)C1c1ccccn1. The van der Waals surface area contributed by atoms with Crippen LogP contribution in [0.1, 0.15) is 54.8 Å². The summed E-state index contributed by atoms with van der Waals surface area (Å²) in [5, 5.41) is 11.6. The molecule has 2 heterocycles. The maximum Gasteiger partial charge on any atom is 0.300 e. The van der Waals surface area contributed by atoms with Gasteiger partial charge in [0.2, 0.25) is 0 Å². The van der Waals surface area contributed by atoms with Crippen LogP contribution in [0.2, 0.25) is 0 Å². The predicted molar refractivity (Wildman–Crippen MR) is 156 cm³/mol. The van der Waals surface area contributed by atoms with Gasteiger partial charge in [0.1, 0.15) is 24.2 Å². The fourth-order valence-electron chi connectivity index (χ4n) is 4.85. The summed E-state index contributed by atoms with van der Waals surface area (Å²) in [6.45, 7) is 8.54. The smallest absolute Gasteiger partial charge is 0.300 e. The standard InChI is InChI=1S/C34H32N2O4/c1-22-13-14-24(34(2,3)4)20-27(22)31(37)29-30(28-12-8-9-19-35-28)36(33(39)32(29)38)25-15-17-26(18-16-25)40-21-23-10-6-5-7-11-23/h5-20,30,37H,21H2,1-4H3/b31-29+. The Hall–Kier alpha value is -4.71. The first-order valence-electron chi connectivity index (χ1n) is 13.3. The Morgan fingerprint density at radius 3 is 2.27 bits per heavy atom. The maximum atomic E-state index is 13.5. The van der Waals surface area contributed by atoms with Gasteiger partial charge in [-0.1, -0.05) is 69.3 Å². The number of carbonyl (C=O) groups excluding carboxylic acids is 2. The van der Waals surface area contributed by atoms with E-state index in [9.17, 15) is 14.7 Å². The van der Waals surface area contributed by atoms with Crippen LogP contribution in [0.4, 0.5) is 5.69 Å². The van der Waals surface area contributed by atoms with E-state index >= 15 is 0 Å². The molecule has 1 aliphatic rings. The van der Waals surface area contributed by atoms with Gasteiger partial charge in [-0.15, -0.1) is 0 Å². The molecule has 3 aromatic carbocycles. The van der Waals surface area contributed by atoms with Crippen molar-refractivity contribution < 1.29 is 19.4 Å². The first-order chi connectivity index (χ1) is 19.1. The fourth-order valence-corrected chi connectivity index (χ4v) is 4.85. The molecular formula is C34H32N2O4. The van der Waals surface area contributed by atoms with Gasteiger partial charge in [-0.3, -0.25) is 19.5 Å². The molecule has 1 aromatic heterocycles. The number of pyridine rings is 1. The van der Waals surface area contributed by atoms with Crippen molar-refractivity contribution in [3.05, 3.63) is 131 Å². The van der Waals surface area contributed by atoms with Crippen molar-refractivity contribution in [3.8, 4) is 5.75 Å². The van der Waals surface area contributed by atoms with Crippen molar-refractivity contribution in [1.29, 1.82) is 0 Å². The molecule has 0 bridgehead atoms. The van der Waals surface area contributed by atoms with Crippen molar-refractivity contribution in [2.45, 2.75) is 45.8 Å². The summed E-state index contributed by atoms with van der Waals surface area (Å²) >= 11 is 0. The molecule has 1 fully saturated rings. The molecule has 0 saturated carbocycles. The minimum atomic E-state index is -0.894.